The van der Waals surface area contributed by atoms with Gasteiger partial charge in [0, 0.05) is 18.8 Å². The van der Waals surface area contributed by atoms with Gasteiger partial charge < -0.3 is 4.57 Å². The fraction of sp³-hybridized carbons (Fsp3) is 0.750. The van der Waals surface area contributed by atoms with Gasteiger partial charge in [0.1, 0.15) is 5.82 Å². The molecule has 1 aliphatic rings. The highest BCUT2D eigenvalue weighted by atomic mass is 32.2. The molecular weight excluding hydrogens is 250 g/mol. The van der Waals surface area contributed by atoms with E-state index < -0.39 is 10.0 Å². The summed E-state index contributed by atoms with van der Waals surface area (Å²) in [5.74, 6) is 0.738. The molecule has 102 valence electrons. The smallest absolute Gasteiger partial charge is 0.259 e. The Bertz CT molecular complexity index is 501. The van der Waals surface area contributed by atoms with Gasteiger partial charge in [-0.1, -0.05) is 19.3 Å². The van der Waals surface area contributed by atoms with Crippen LogP contribution < -0.4 is 4.72 Å². The monoisotopic (exact) mass is 271 g/mol. The minimum Gasteiger partial charge on any atom is -0.334 e. The first kappa shape index (κ1) is 13.5. The van der Waals surface area contributed by atoms with Gasteiger partial charge in [-0.25, -0.2) is 18.1 Å². The average Bonchev–Trinajstić information content (AvgIpc) is 2.72. The molecule has 0 aromatic carbocycles. The Labute approximate surface area is 109 Å². The summed E-state index contributed by atoms with van der Waals surface area (Å²) in [5.41, 5.74) is 0. The first-order valence-electron chi connectivity index (χ1n) is 6.59. The standard InChI is InChI=1S/C12H21N3O2S/c1-3-15-9-12(13-10(15)2)18(16,17)14-11-7-5-4-6-8-11/h9,11,14H,3-8H2,1-2H3. The number of rotatable bonds is 4. The molecule has 0 aliphatic heterocycles. The summed E-state index contributed by atoms with van der Waals surface area (Å²) < 4.78 is 29.0. The van der Waals surface area contributed by atoms with E-state index in [1.54, 1.807) is 6.20 Å². The summed E-state index contributed by atoms with van der Waals surface area (Å²) in [4.78, 5) is 4.13. The van der Waals surface area contributed by atoms with Gasteiger partial charge >= 0.3 is 0 Å². The molecule has 0 radical (unpaired) electrons. The van der Waals surface area contributed by atoms with Crippen molar-refractivity contribution in [3.8, 4) is 0 Å². The molecule has 1 fully saturated rings. The lowest BCUT2D eigenvalue weighted by molar-refractivity contribution is 0.411. The Morgan fingerprint density at radius 1 is 1.39 bits per heavy atom. The fourth-order valence-electron chi connectivity index (χ4n) is 2.43. The van der Waals surface area contributed by atoms with Crippen LogP contribution in [0.1, 0.15) is 44.9 Å². The zero-order chi connectivity index (χ0) is 13.2. The van der Waals surface area contributed by atoms with Crippen LogP contribution in [-0.2, 0) is 16.6 Å². The van der Waals surface area contributed by atoms with Crippen molar-refractivity contribution in [3.05, 3.63) is 12.0 Å². The second-order valence-electron chi connectivity index (χ2n) is 4.87. The van der Waals surface area contributed by atoms with Crippen molar-refractivity contribution in [1.29, 1.82) is 0 Å². The Kier molecular flexibility index (Phi) is 4.07. The van der Waals surface area contributed by atoms with Crippen molar-refractivity contribution < 1.29 is 8.42 Å². The van der Waals surface area contributed by atoms with E-state index in [-0.39, 0.29) is 11.1 Å². The van der Waals surface area contributed by atoms with Crippen molar-refractivity contribution >= 4 is 10.0 Å². The van der Waals surface area contributed by atoms with Crippen LogP contribution in [0.15, 0.2) is 11.2 Å². The minimum atomic E-state index is -3.45. The van der Waals surface area contributed by atoms with Crippen molar-refractivity contribution in [2.75, 3.05) is 0 Å². The first-order valence-corrected chi connectivity index (χ1v) is 8.07. The molecule has 0 spiro atoms. The molecule has 0 unspecified atom stereocenters. The highest BCUT2D eigenvalue weighted by molar-refractivity contribution is 7.89. The zero-order valence-electron chi connectivity index (χ0n) is 11.0. The molecule has 1 N–H and O–H groups in total. The predicted molar refractivity (Wildman–Crippen MR) is 69.8 cm³/mol. The van der Waals surface area contributed by atoms with E-state index >= 15 is 0 Å². The summed E-state index contributed by atoms with van der Waals surface area (Å²) in [6, 6.07) is 0.0795. The number of nitrogens with one attached hydrogen (secondary N) is 1. The summed E-state index contributed by atoms with van der Waals surface area (Å²) in [7, 11) is -3.45. The van der Waals surface area contributed by atoms with Crippen LogP contribution in [0.25, 0.3) is 0 Å². The molecule has 0 atom stereocenters. The maximum absolute atomic E-state index is 12.2. The topological polar surface area (TPSA) is 64.0 Å². The quantitative estimate of drug-likeness (QED) is 0.908. The van der Waals surface area contributed by atoms with E-state index in [0.29, 0.717) is 0 Å². The van der Waals surface area contributed by atoms with Gasteiger partial charge in [0.2, 0.25) is 0 Å². The molecule has 18 heavy (non-hydrogen) atoms. The van der Waals surface area contributed by atoms with Crippen molar-refractivity contribution in [2.45, 2.75) is 63.6 Å². The van der Waals surface area contributed by atoms with Gasteiger partial charge in [0.05, 0.1) is 0 Å². The molecule has 0 bridgehead atoms. The Hall–Kier alpha value is -0.880. The third-order valence-corrected chi connectivity index (χ3v) is 4.89. The van der Waals surface area contributed by atoms with E-state index in [0.717, 1.165) is 38.1 Å². The van der Waals surface area contributed by atoms with Gasteiger partial charge in [0.15, 0.2) is 5.03 Å². The molecule has 0 amide bonds. The maximum Gasteiger partial charge on any atom is 0.259 e. The van der Waals surface area contributed by atoms with Gasteiger partial charge in [-0.2, -0.15) is 0 Å². The SMILES string of the molecule is CCn1cc(S(=O)(=O)NC2CCCCC2)nc1C. The van der Waals surface area contributed by atoms with Crippen LogP contribution >= 0.6 is 0 Å². The summed E-state index contributed by atoms with van der Waals surface area (Å²) in [5, 5.41) is 0.146. The molecule has 0 saturated heterocycles. The normalized spacial score (nSPS) is 18.1. The highest BCUT2D eigenvalue weighted by Crippen LogP contribution is 2.19. The second kappa shape index (κ2) is 5.40. The van der Waals surface area contributed by atoms with Crippen LogP contribution in [0, 0.1) is 6.92 Å². The van der Waals surface area contributed by atoms with Crippen LogP contribution in [-0.4, -0.2) is 24.0 Å². The van der Waals surface area contributed by atoms with Gasteiger partial charge in [-0.3, -0.25) is 0 Å². The van der Waals surface area contributed by atoms with Crippen LogP contribution in [0.5, 0.6) is 0 Å². The number of nitrogens with zero attached hydrogens (tertiary/aromatic N) is 2. The lowest BCUT2D eigenvalue weighted by atomic mass is 9.96. The van der Waals surface area contributed by atoms with Crippen LogP contribution in [0.4, 0.5) is 0 Å². The summed E-state index contributed by atoms with van der Waals surface area (Å²) in [6.45, 7) is 4.53. The number of imidazole rings is 1. The average molecular weight is 271 g/mol. The molecule has 6 heteroatoms. The molecule has 2 rings (SSSR count). The first-order chi connectivity index (χ1) is 8.53. The Morgan fingerprint density at radius 3 is 2.61 bits per heavy atom. The predicted octanol–water partition coefficient (Wildman–Crippen LogP) is 1.82. The summed E-state index contributed by atoms with van der Waals surface area (Å²) in [6.07, 6.45) is 6.91. The third kappa shape index (κ3) is 2.92. The lowest BCUT2D eigenvalue weighted by Crippen LogP contribution is -2.36. The third-order valence-electron chi connectivity index (χ3n) is 3.50. The van der Waals surface area contributed by atoms with Crippen LogP contribution in [0.2, 0.25) is 0 Å². The largest absolute Gasteiger partial charge is 0.334 e. The second-order valence-corrected chi connectivity index (χ2v) is 6.53. The van der Waals surface area contributed by atoms with Gasteiger partial charge in [0.25, 0.3) is 10.0 Å². The van der Waals surface area contributed by atoms with Crippen molar-refractivity contribution in [3.63, 3.8) is 0 Å². The van der Waals surface area contributed by atoms with Crippen molar-refractivity contribution in [1.82, 2.24) is 14.3 Å². The number of aryl methyl sites for hydroxylation is 2. The van der Waals surface area contributed by atoms with E-state index in [1.165, 1.54) is 6.42 Å². The number of aromatic nitrogens is 2. The van der Waals surface area contributed by atoms with Crippen molar-refractivity contribution in [2.24, 2.45) is 0 Å². The number of hydrogen-bond acceptors (Lipinski definition) is 3. The molecular formula is C12H21N3O2S. The molecule has 1 saturated carbocycles. The minimum absolute atomic E-state index is 0.0795. The summed E-state index contributed by atoms with van der Waals surface area (Å²) >= 11 is 0. The molecule has 1 aliphatic carbocycles. The van der Waals surface area contributed by atoms with E-state index in [1.807, 2.05) is 18.4 Å². The van der Waals surface area contributed by atoms with Crippen LogP contribution in [0.3, 0.4) is 0 Å². The number of sulfonamides is 1. The Morgan fingerprint density at radius 2 is 2.06 bits per heavy atom. The molecule has 1 aromatic heterocycles. The molecule has 5 nitrogen and oxygen atoms in total. The Balaban J connectivity index is 2.13. The van der Waals surface area contributed by atoms with Gasteiger partial charge in [-0.05, 0) is 26.7 Å². The molecule has 1 heterocycles. The maximum atomic E-state index is 12.2. The lowest BCUT2D eigenvalue weighted by Gasteiger charge is -2.21. The molecule has 1 aromatic rings. The van der Waals surface area contributed by atoms with E-state index in [2.05, 4.69) is 9.71 Å². The number of hydrogen-bond donors (Lipinski definition) is 1. The fourth-order valence-corrected chi connectivity index (χ4v) is 3.74. The van der Waals surface area contributed by atoms with E-state index in [9.17, 15) is 8.42 Å². The van der Waals surface area contributed by atoms with Gasteiger partial charge in [-0.15, -0.1) is 0 Å². The zero-order valence-corrected chi connectivity index (χ0v) is 11.8. The van der Waals surface area contributed by atoms with E-state index in [4.69, 9.17) is 0 Å². The highest BCUT2D eigenvalue weighted by Gasteiger charge is 2.24.